The normalized spacial score (nSPS) is 10.5. The van der Waals surface area contributed by atoms with Crippen molar-refractivity contribution in [1.82, 2.24) is 5.43 Å². The molecule has 2 aromatic carbocycles. The SMILES string of the molecule is COc1ccc(O)c(C=NNC(=O)C(=O)Nc2ccc(C)c(Cl)c2)c1. The predicted octanol–water partition coefficient (Wildman–Crippen LogP) is 2.45. The van der Waals surface area contributed by atoms with Crippen molar-refractivity contribution in [3.05, 3.63) is 52.5 Å². The zero-order valence-electron chi connectivity index (χ0n) is 13.5. The highest BCUT2D eigenvalue weighted by Crippen LogP contribution is 2.21. The topological polar surface area (TPSA) is 100 Å². The van der Waals surface area contributed by atoms with Gasteiger partial charge < -0.3 is 15.2 Å². The van der Waals surface area contributed by atoms with E-state index in [0.717, 1.165) is 5.56 Å². The van der Waals surface area contributed by atoms with Crippen LogP contribution in [0.25, 0.3) is 0 Å². The van der Waals surface area contributed by atoms with Crippen molar-refractivity contribution in [2.45, 2.75) is 6.92 Å². The molecule has 0 radical (unpaired) electrons. The number of hydrazone groups is 1. The summed E-state index contributed by atoms with van der Waals surface area (Å²) in [7, 11) is 1.48. The van der Waals surface area contributed by atoms with Crippen molar-refractivity contribution in [2.75, 3.05) is 12.4 Å². The van der Waals surface area contributed by atoms with E-state index in [1.54, 1.807) is 24.3 Å². The third kappa shape index (κ3) is 4.95. The number of benzene rings is 2. The number of nitrogens with zero attached hydrogens (tertiary/aromatic N) is 1. The van der Waals surface area contributed by atoms with Crippen LogP contribution in [0.4, 0.5) is 5.69 Å². The third-order valence-corrected chi connectivity index (χ3v) is 3.65. The van der Waals surface area contributed by atoms with Crippen LogP contribution in [0.5, 0.6) is 11.5 Å². The lowest BCUT2D eigenvalue weighted by Gasteiger charge is -2.06. The van der Waals surface area contributed by atoms with Gasteiger partial charge in [0.2, 0.25) is 0 Å². The van der Waals surface area contributed by atoms with Gasteiger partial charge >= 0.3 is 11.8 Å². The van der Waals surface area contributed by atoms with Crippen molar-refractivity contribution in [2.24, 2.45) is 5.10 Å². The largest absolute Gasteiger partial charge is 0.507 e. The van der Waals surface area contributed by atoms with Crippen LogP contribution in [-0.2, 0) is 9.59 Å². The number of halogens is 1. The number of rotatable bonds is 4. The summed E-state index contributed by atoms with van der Waals surface area (Å²) < 4.78 is 5.02. The molecule has 2 amide bonds. The number of phenols is 1. The van der Waals surface area contributed by atoms with Gasteiger partial charge in [-0.05, 0) is 42.8 Å². The monoisotopic (exact) mass is 361 g/mol. The fourth-order valence-corrected chi connectivity index (χ4v) is 2.01. The Kier molecular flexibility index (Phi) is 5.97. The molecule has 7 nitrogen and oxygen atoms in total. The first kappa shape index (κ1) is 18.3. The summed E-state index contributed by atoms with van der Waals surface area (Å²) >= 11 is 5.96. The van der Waals surface area contributed by atoms with Crippen molar-refractivity contribution < 1.29 is 19.4 Å². The summed E-state index contributed by atoms with van der Waals surface area (Å²) in [5.41, 5.74) is 3.65. The fraction of sp³-hybridized carbons (Fsp3) is 0.118. The lowest BCUT2D eigenvalue weighted by atomic mass is 10.2. The smallest absolute Gasteiger partial charge is 0.329 e. The number of methoxy groups -OCH3 is 1. The van der Waals surface area contributed by atoms with Gasteiger partial charge in [0.05, 0.1) is 13.3 Å². The van der Waals surface area contributed by atoms with Crippen LogP contribution in [-0.4, -0.2) is 30.2 Å². The van der Waals surface area contributed by atoms with Gasteiger partial charge in [-0.2, -0.15) is 5.10 Å². The maximum atomic E-state index is 11.8. The highest BCUT2D eigenvalue weighted by Gasteiger charge is 2.13. The summed E-state index contributed by atoms with van der Waals surface area (Å²) in [6.07, 6.45) is 1.20. The molecule has 0 saturated carbocycles. The molecule has 3 N–H and O–H groups in total. The zero-order chi connectivity index (χ0) is 18.4. The van der Waals surface area contributed by atoms with E-state index in [1.807, 2.05) is 6.92 Å². The van der Waals surface area contributed by atoms with Crippen molar-refractivity contribution in [3.8, 4) is 11.5 Å². The van der Waals surface area contributed by atoms with E-state index in [-0.39, 0.29) is 5.75 Å². The number of hydrogen-bond acceptors (Lipinski definition) is 5. The second kappa shape index (κ2) is 8.16. The highest BCUT2D eigenvalue weighted by atomic mass is 35.5. The van der Waals surface area contributed by atoms with Crippen LogP contribution in [0.3, 0.4) is 0 Å². The Morgan fingerprint density at radius 2 is 1.96 bits per heavy atom. The number of phenolic OH excluding ortho intramolecular Hbond substituents is 1. The Labute approximate surface area is 149 Å². The molecule has 0 aliphatic rings. The Morgan fingerprint density at radius 1 is 1.20 bits per heavy atom. The number of carbonyl (C=O) groups excluding carboxylic acids is 2. The Morgan fingerprint density at radius 3 is 2.64 bits per heavy atom. The Hall–Kier alpha value is -3.06. The van der Waals surface area contributed by atoms with E-state index in [0.29, 0.717) is 22.0 Å². The number of nitrogens with one attached hydrogen (secondary N) is 2. The molecule has 0 unspecified atom stereocenters. The Bertz CT molecular complexity index is 837. The molecule has 0 fully saturated rings. The molecular formula is C17H16ClN3O4. The number of aromatic hydroxyl groups is 1. The molecule has 8 heteroatoms. The molecule has 2 rings (SSSR count). The van der Waals surface area contributed by atoms with Gasteiger partial charge in [0.25, 0.3) is 0 Å². The van der Waals surface area contributed by atoms with Crippen LogP contribution in [0.15, 0.2) is 41.5 Å². The number of anilines is 1. The van der Waals surface area contributed by atoms with Crippen LogP contribution in [0, 0.1) is 6.92 Å². The highest BCUT2D eigenvalue weighted by molar-refractivity contribution is 6.39. The van der Waals surface area contributed by atoms with Crippen LogP contribution >= 0.6 is 11.6 Å². The second-order valence-corrected chi connectivity index (χ2v) is 5.45. The number of ether oxygens (including phenoxy) is 1. The van der Waals surface area contributed by atoms with E-state index >= 15 is 0 Å². The standard InChI is InChI=1S/C17H16ClN3O4/c1-10-3-4-12(8-14(10)18)20-16(23)17(24)21-19-9-11-7-13(25-2)5-6-15(11)22/h3-9,22H,1-2H3,(H,20,23)(H,21,24). The van der Waals surface area contributed by atoms with Gasteiger partial charge in [0.1, 0.15) is 11.5 Å². The van der Waals surface area contributed by atoms with Crippen molar-refractivity contribution in [3.63, 3.8) is 0 Å². The Balaban J connectivity index is 1.97. The average molecular weight is 362 g/mol. The molecule has 25 heavy (non-hydrogen) atoms. The van der Waals surface area contributed by atoms with E-state index in [9.17, 15) is 14.7 Å². The molecule has 0 aromatic heterocycles. The zero-order valence-corrected chi connectivity index (χ0v) is 14.3. The lowest BCUT2D eigenvalue weighted by molar-refractivity contribution is -0.136. The summed E-state index contributed by atoms with van der Waals surface area (Å²) in [6, 6.07) is 9.42. The maximum absolute atomic E-state index is 11.8. The van der Waals surface area contributed by atoms with E-state index in [4.69, 9.17) is 16.3 Å². The summed E-state index contributed by atoms with van der Waals surface area (Å²) in [4.78, 5) is 23.5. The quantitative estimate of drug-likeness (QED) is 0.442. The minimum absolute atomic E-state index is 0.0439. The van der Waals surface area contributed by atoms with Crippen molar-refractivity contribution in [1.29, 1.82) is 0 Å². The van der Waals surface area contributed by atoms with Gasteiger partial charge in [-0.25, -0.2) is 5.43 Å². The molecular weight excluding hydrogens is 346 g/mol. The van der Waals surface area contributed by atoms with Gasteiger partial charge in [0.15, 0.2) is 0 Å². The van der Waals surface area contributed by atoms with Crippen LogP contribution < -0.4 is 15.5 Å². The minimum Gasteiger partial charge on any atom is -0.507 e. The van der Waals surface area contributed by atoms with E-state index < -0.39 is 11.8 Å². The van der Waals surface area contributed by atoms with Gasteiger partial charge in [-0.15, -0.1) is 0 Å². The molecule has 0 heterocycles. The van der Waals surface area contributed by atoms with E-state index in [2.05, 4.69) is 15.8 Å². The van der Waals surface area contributed by atoms with Gasteiger partial charge in [-0.1, -0.05) is 17.7 Å². The number of aryl methyl sites for hydroxylation is 1. The molecule has 0 aliphatic carbocycles. The third-order valence-electron chi connectivity index (χ3n) is 3.24. The first-order chi connectivity index (χ1) is 11.9. The average Bonchev–Trinajstić information content (AvgIpc) is 2.59. The molecule has 0 spiro atoms. The molecule has 130 valence electrons. The number of amides is 2. The number of carbonyl (C=O) groups is 2. The molecule has 0 saturated heterocycles. The second-order valence-electron chi connectivity index (χ2n) is 5.04. The van der Waals surface area contributed by atoms with Gasteiger partial charge in [-0.3, -0.25) is 9.59 Å². The minimum atomic E-state index is -0.963. The molecule has 0 bridgehead atoms. The first-order valence-electron chi connectivity index (χ1n) is 7.18. The van der Waals surface area contributed by atoms with Crippen molar-refractivity contribution >= 4 is 35.3 Å². The van der Waals surface area contributed by atoms with Crippen LogP contribution in [0.1, 0.15) is 11.1 Å². The summed E-state index contributed by atoms with van der Waals surface area (Å²) in [6.45, 7) is 1.82. The van der Waals surface area contributed by atoms with Crippen LogP contribution in [0.2, 0.25) is 5.02 Å². The molecule has 2 aromatic rings. The van der Waals surface area contributed by atoms with E-state index in [1.165, 1.54) is 25.5 Å². The predicted molar refractivity (Wildman–Crippen MR) is 95.2 cm³/mol. The maximum Gasteiger partial charge on any atom is 0.329 e. The lowest BCUT2D eigenvalue weighted by Crippen LogP contribution is -2.32. The molecule has 0 aliphatic heterocycles. The van der Waals surface area contributed by atoms with Gasteiger partial charge in [0, 0.05) is 16.3 Å². The summed E-state index contributed by atoms with van der Waals surface area (Å²) in [5.74, 6) is -1.39. The first-order valence-corrected chi connectivity index (χ1v) is 7.56. The molecule has 0 atom stereocenters. The number of hydrogen-bond donors (Lipinski definition) is 3. The fourth-order valence-electron chi connectivity index (χ4n) is 1.83. The summed E-state index contributed by atoms with van der Waals surface area (Å²) in [5, 5.41) is 16.2.